The van der Waals surface area contributed by atoms with Crippen molar-refractivity contribution in [2.45, 2.75) is 18.9 Å². The molecule has 4 heteroatoms. The van der Waals surface area contributed by atoms with Gasteiger partial charge < -0.3 is 19.4 Å². The number of hydrogen-bond donors (Lipinski definition) is 1. The van der Waals surface area contributed by atoms with E-state index in [0.717, 1.165) is 36.6 Å². The third-order valence-electron chi connectivity index (χ3n) is 4.79. The highest BCUT2D eigenvalue weighted by Gasteiger charge is 2.20. The molecule has 1 heterocycles. The Hall–Kier alpha value is -2.72. The van der Waals surface area contributed by atoms with Crippen LogP contribution in [-0.2, 0) is 6.54 Å². The molecule has 0 aliphatic rings. The van der Waals surface area contributed by atoms with Gasteiger partial charge in [0.05, 0.1) is 13.4 Å². The summed E-state index contributed by atoms with van der Waals surface area (Å²) in [6.45, 7) is 1.74. The lowest BCUT2D eigenvalue weighted by atomic mass is 9.92. The first kappa shape index (κ1) is 19.1. The zero-order valence-electron chi connectivity index (χ0n) is 16.3. The van der Waals surface area contributed by atoms with Crippen LogP contribution in [-0.4, -0.2) is 27.7 Å². The molecule has 1 atom stereocenters. The van der Waals surface area contributed by atoms with E-state index < -0.39 is 0 Å². The van der Waals surface area contributed by atoms with Gasteiger partial charge in [0, 0.05) is 37.8 Å². The number of nitrogens with one attached hydrogen (secondary N) is 1. The number of methoxy groups -OCH3 is 1. The largest absolute Gasteiger partial charge is 0.496 e. The van der Waals surface area contributed by atoms with Gasteiger partial charge in [-0.25, -0.2) is 0 Å². The number of ether oxygens (including phenoxy) is 1. The Morgan fingerprint density at radius 1 is 1.00 bits per heavy atom. The van der Waals surface area contributed by atoms with Crippen molar-refractivity contribution in [2.24, 2.45) is 0 Å². The van der Waals surface area contributed by atoms with Crippen molar-refractivity contribution in [3.8, 4) is 5.75 Å². The Labute approximate surface area is 161 Å². The van der Waals surface area contributed by atoms with Gasteiger partial charge in [-0.05, 0) is 48.9 Å². The molecule has 0 amide bonds. The van der Waals surface area contributed by atoms with Crippen molar-refractivity contribution in [3.05, 3.63) is 83.8 Å². The van der Waals surface area contributed by atoms with Gasteiger partial charge in [-0.15, -0.1) is 0 Å². The summed E-state index contributed by atoms with van der Waals surface area (Å²) in [6, 6.07) is 20.8. The van der Waals surface area contributed by atoms with E-state index in [1.165, 1.54) is 11.3 Å². The zero-order chi connectivity index (χ0) is 19.1. The Morgan fingerprint density at radius 3 is 2.44 bits per heavy atom. The molecule has 2 aromatic carbocycles. The molecular weight excluding hydrogens is 336 g/mol. The molecule has 4 nitrogen and oxygen atoms in total. The second-order valence-electron chi connectivity index (χ2n) is 6.84. The molecule has 0 saturated carbocycles. The highest BCUT2D eigenvalue weighted by molar-refractivity contribution is 5.46. The fourth-order valence-corrected chi connectivity index (χ4v) is 3.29. The van der Waals surface area contributed by atoms with E-state index in [9.17, 15) is 0 Å². The second kappa shape index (κ2) is 9.28. The second-order valence-corrected chi connectivity index (χ2v) is 6.84. The van der Waals surface area contributed by atoms with Gasteiger partial charge in [0.15, 0.2) is 0 Å². The quantitative estimate of drug-likeness (QED) is 0.560. The molecule has 1 N–H and O–H groups in total. The standard InChI is InChI=1S/C23H28N2O2/c1-25(2)19-12-10-18(11-13-19)17-24-15-14-21(23-9-6-16-27-23)20-7-4-5-8-22(20)26-3/h4-13,16,21,24H,14-15,17H2,1-3H3/t21-/m0/s1. The molecule has 0 aliphatic carbocycles. The number of para-hydroxylation sites is 1. The van der Waals surface area contributed by atoms with Gasteiger partial charge in [0.2, 0.25) is 0 Å². The van der Waals surface area contributed by atoms with Gasteiger partial charge in [0.1, 0.15) is 11.5 Å². The van der Waals surface area contributed by atoms with E-state index in [-0.39, 0.29) is 5.92 Å². The molecule has 0 fully saturated rings. The van der Waals surface area contributed by atoms with Crippen LogP contribution in [0.1, 0.15) is 29.2 Å². The molecule has 0 saturated heterocycles. The Kier molecular flexibility index (Phi) is 6.55. The highest BCUT2D eigenvalue weighted by atomic mass is 16.5. The van der Waals surface area contributed by atoms with Crippen LogP contribution in [0.5, 0.6) is 5.75 Å². The van der Waals surface area contributed by atoms with Gasteiger partial charge >= 0.3 is 0 Å². The fraction of sp³-hybridized carbons (Fsp3) is 0.304. The van der Waals surface area contributed by atoms with E-state index in [2.05, 4.69) is 54.6 Å². The lowest BCUT2D eigenvalue weighted by Crippen LogP contribution is -2.18. The number of furan rings is 1. The maximum Gasteiger partial charge on any atom is 0.122 e. The van der Waals surface area contributed by atoms with Gasteiger partial charge in [0.25, 0.3) is 0 Å². The molecule has 3 rings (SSSR count). The van der Waals surface area contributed by atoms with E-state index in [1.807, 2.05) is 30.3 Å². The van der Waals surface area contributed by atoms with Crippen LogP contribution in [0, 0.1) is 0 Å². The van der Waals surface area contributed by atoms with Crippen molar-refractivity contribution in [3.63, 3.8) is 0 Å². The van der Waals surface area contributed by atoms with Gasteiger partial charge in [-0.1, -0.05) is 30.3 Å². The average molecular weight is 364 g/mol. The van der Waals surface area contributed by atoms with Crippen LogP contribution < -0.4 is 15.0 Å². The summed E-state index contributed by atoms with van der Waals surface area (Å²) in [4.78, 5) is 2.11. The molecule has 0 bridgehead atoms. The first-order chi connectivity index (χ1) is 13.2. The molecule has 3 aromatic rings. The number of anilines is 1. The molecular formula is C23H28N2O2. The first-order valence-electron chi connectivity index (χ1n) is 9.32. The molecule has 1 aromatic heterocycles. The van der Waals surface area contributed by atoms with Crippen LogP contribution in [0.3, 0.4) is 0 Å². The van der Waals surface area contributed by atoms with E-state index in [0.29, 0.717) is 0 Å². The van der Waals surface area contributed by atoms with Crippen molar-refractivity contribution < 1.29 is 9.15 Å². The number of benzene rings is 2. The maximum absolute atomic E-state index is 5.71. The number of rotatable bonds is 9. The van der Waals surface area contributed by atoms with Crippen molar-refractivity contribution in [1.82, 2.24) is 5.32 Å². The topological polar surface area (TPSA) is 37.6 Å². The van der Waals surface area contributed by atoms with Gasteiger partial charge in [-0.2, -0.15) is 0 Å². The van der Waals surface area contributed by atoms with Crippen LogP contribution >= 0.6 is 0 Å². The first-order valence-corrected chi connectivity index (χ1v) is 9.32. The Bertz CT molecular complexity index is 811. The zero-order valence-corrected chi connectivity index (χ0v) is 16.3. The number of nitrogens with zero attached hydrogens (tertiary/aromatic N) is 1. The Balaban J connectivity index is 1.62. The van der Waals surface area contributed by atoms with E-state index >= 15 is 0 Å². The summed E-state index contributed by atoms with van der Waals surface area (Å²) in [6.07, 6.45) is 2.67. The van der Waals surface area contributed by atoms with Crippen molar-refractivity contribution in [1.29, 1.82) is 0 Å². The summed E-state index contributed by atoms with van der Waals surface area (Å²) >= 11 is 0. The molecule has 27 heavy (non-hydrogen) atoms. The third-order valence-corrected chi connectivity index (χ3v) is 4.79. The lowest BCUT2D eigenvalue weighted by molar-refractivity contribution is 0.398. The summed E-state index contributed by atoms with van der Waals surface area (Å²) in [5, 5.41) is 3.55. The van der Waals surface area contributed by atoms with Crippen molar-refractivity contribution in [2.75, 3.05) is 32.6 Å². The molecule has 0 unspecified atom stereocenters. The fourth-order valence-electron chi connectivity index (χ4n) is 3.29. The highest BCUT2D eigenvalue weighted by Crippen LogP contribution is 2.34. The third kappa shape index (κ3) is 4.92. The van der Waals surface area contributed by atoms with Crippen LogP contribution in [0.15, 0.2) is 71.3 Å². The van der Waals surface area contributed by atoms with E-state index in [1.54, 1.807) is 13.4 Å². The summed E-state index contributed by atoms with van der Waals surface area (Å²) in [5.74, 6) is 2.04. The number of hydrogen-bond acceptors (Lipinski definition) is 4. The van der Waals surface area contributed by atoms with Crippen LogP contribution in [0.25, 0.3) is 0 Å². The molecule has 0 radical (unpaired) electrons. The predicted molar refractivity (Wildman–Crippen MR) is 111 cm³/mol. The van der Waals surface area contributed by atoms with Crippen LogP contribution in [0.4, 0.5) is 5.69 Å². The average Bonchev–Trinajstić information content (AvgIpc) is 3.23. The van der Waals surface area contributed by atoms with E-state index in [4.69, 9.17) is 9.15 Å². The molecule has 0 aliphatic heterocycles. The summed E-state index contributed by atoms with van der Waals surface area (Å²) < 4.78 is 11.3. The van der Waals surface area contributed by atoms with Gasteiger partial charge in [-0.3, -0.25) is 0 Å². The normalized spacial score (nSPS) is 12.0. The minimum Gasteiger partial charge on any atom is -0.496 e. The SMILES string of the molecule is COc1ccccc1[C@H](CCNCc1ccc(N(C)C)cc1)c1ccco1. The summed E-state index contributed by atoms with van der Waals surface area (Å²) in [5.41, 5.74) is 3.66. The minimum atomic E-state index is 0.166. The Morgan fingerprint density at radius 2 is 1.78 bits per heavy atom. The summed E-state index contributed by atoms with van der Waals surface area (Å²) in [7, 11) is 5.83. The molecule has 142 valence electrons. The van der Waals surface area contributed by atoms with Crippen molar-refractivity contribution >= 4 is 5.69 Å². The van der Waals surface area contributed by atoms with Crippen LogP contribution in [0.2, 0.25) is 0 Å². The monoisotopic (exact) mass is 364 g/mol. The minimum absolute atomic E-state index is 0.166. The maximum atomic E-state index is 5.71. The lowest BCUT2D eigenvalue weighted by Gasteiger charge is -2.18. The smallest absolute Gasteiger partial charge is 0.122 e. The predicted octanol–water partition coefficient (Wildman–Crippen LogP) is 4.67. The molecule has 0 spiro atoms.